The zero-order valence-corrected chi connectivity index (χ0v) is 21.9. The van der Waals surface area contributed by atoms with E-state index in [1.54, 1.807) is 17.0 Å². The molecule has 0 saturated carbocycles. The predicted molar refractivity (Wildman–Crippen MR) is 141 cm³/mol. The Morgan fingerprint density at radius 1 is 1.26 bits per heavy atom. The Morgan fingerprint density at radius 2 is 2.10 bits per heavy atom. The molecule has 0 radical (unpaired) electrons. The van der Waals surface area contributed by atoms with Crippen LogP contribution in [0, 0.1) is 0 Å². The van der Waals surface area contributed by atoms with Gasteiger partial charge in [0.15, 0.2) is 0 Å². The first kappa shape index (κ1) is 27.0. The van der Waals surface area contributed by atoms with Crippen LogP contribution < -0.4 is 10.1 Å². The Bertz CT molecular complexity index is 1390. The molecule has 2 aliphatic rings. The number of amides is 2. The zero-order valence-electron chi connectivity index (χ0n) is 21.1. The van der Waals surface area contributed by atoms with Crippen LogP contribution in [0.2, 0.25) is 5.02 Å². The molecule has 0 bridgehead atoms. The molecule has 1 N–H and O–H groups in total. The number of nitrogens with zero attached hydrogens (tertiary/aromatic N) is 4. The van der Waals surface area contributed by atoms with Crippen molar-refractivity contribution in [2.75, 3.05) is 31.6 Å². The number of alkyl halides is 2. The molecule has 1 aromatic carbocycles. The maximum atomic E-state index is 13.2. The highest BCUT2D eigenvalue weighted by Crippen LogP contribution is 2.39. The molecule has 12 heteroatoms. The number of halogens is 3. The number of carbonyl (C=O) groups is 2. The number of likely N-dealkylation sites (tertiary alicyclic amines) is 1. The molecule has 2 aromatic heterocycles. The van der Waals surface area contributed by atoms with Gasteiger partial charge in [0, 0.05) is 31.3 Å². The first-order valence-electron chi connectivity index (χ1n) is 12.8. The minimum Gasteiger partial charge on any atom is -0.486 e. The Kier molecular flexibility index (Phi) is 8.08. The van der Waals surface area contributed by atoms with Crippen molar-refractivity contribution in [2.24, 2.45) is 0 Å². The van der Waals surface area contributed by atoms with Crippen molar-refractivity contribution in [3.8, 4) is 5.75 Å². The van der Waals surface area contributed by atoms with Crippen LogP contribution in [0.3, 0.4) is 0 Å². The average molecular weight is 560 g/mol. The smallest absolute Gasteiger partial charge is 0.280 e. The second-order valence-corrected chi connectivity index (χ2v) is 9.89. The first-order valence-corrected chi connectivity index (χ1v) is 13.1. The van der Waals surface area contributed by atoms with Crippen LogP contribution in [-0.2, 0) is 9.53 Å². The third-order valence-corrected chi connectivity index (χ3v) is 7.29. The van der Waals surface area contributed by atoms with Crippen LogP contribution in [-0.4, -0.2) is 63.7 Å². The maximum Gasteiger partial charge on any atom is 0.280 e. The summed E-state index contributed by atoms with van der Waals surface area (Å²) in [7, 11) is 0. The van der Waals surface area contributed by atoms with E-state index in [2.05, 4.69) is 21.9 Å². The van der Waals surface area contributed by atoms with E-state index in [9.17, 15) is 18.4 Å². The zero-order chi connectivity index (χ0) is 27.5. The number of hydrogen-bond acceptors (Lipinski definition) is 6. The van der Waals surface area contributed by atoms with E-state index in [1.807, 2.05) is 4.57 Å². The van der Waals surface area contributed by atoms with Gasteiger partial charge < -0.3 is 18.9 Å². The highest BCUT2D eigenvalue weighted by Gasteiger charge is 2.29. The second kappa shape index (κ2) is 11.7. The molecule has 39 heavy (non-hydrogen) atoms. The highest BCUT2D eigenvalue weighted by molar-refractivity contribution is 6.36. The molecule has 2 atom stereocenters. The summed E-state index contributed by atoms with van der Waals surface area (Å²) in [5.74, 6) is -0.169. The van der Waals surface area contributed by atoms with E-state index in [0.29, 0.717) is 54.5 Å². The minimum absolute atomic E-state index is 0.0135. The van der Waals surface area contributed by atoms with Crippen LogP contribution in [0.4, 0.5) is 14.7 Å². The van der Waals surface area contributed by atoms with Gasteiger partial charge in [-0.2, -0.15) is 0 Å². The molecule has 2 amide bonds. The van der Waals surface area contributed by atoms with Crippen LogP contribution in [0.15, 0.2) is 43.1 Å². The Morgan fingerprint density at radius 3 is 2.85 bits per heavy atom. The largest absolute Gasteiger partial charge is 0.486 e. The summed E-state index contributed by atoms with van der Waals surface area (Å²) >= 11 is 6.91. The van der Waals surface area contributed by atoms with Gasteiger partial charge in [0.1, 0.15) is 22.6 Å². The summed E-state index contributed by atoms with van der Waals surface area (Å²) in [6, 6.07) is 5.60. The topological polar surface area (TPSA) is 98.6 Å². The average Bonchev–Trinajstić information content (AvgIpc) is 3.51. The summed E-state index contributed by atoms with van der Waals surface area (Å²) in [5.41, 5.74) is 0.572. The number of imidazole rings is 1. The second-order valence-electron chi connectivity index (χ2n) is 9.52. The van der Waals surface area contributed by atoms with E-state index >= 15 is 0 Å². The van der Waals surface area contributed by atoms with Crippen molar-refractivity contribution in [3.63, 3.8) is 0 Å². The SMILES string of the molecule is C=CC(=O)N1CCCCC(n2c(NC(=O)c3ccnc(C(F)F)c3)nc3ccc(OC4CCOC4)c(Cl)c32)C1. The number of anilines is 1. The normalized spacial score (nSPS) is 19.7. The molecule has 2 saturated heterocycles. The lowest BCUT2D eigenvalue weighted by Gasteiger charge is -2.26. The van der Waals surface area contributed by atoms with E-state index in [4.69, 9.17) is 21.1 Å². The van der Waals surface area contributed by atoms with E-state index in [-0.39, 0.29) is 29.6 Å². The Labute approximate surface area is 228 Å². The van der Waals surface area contributed by atoms with Crippen LogP contribution in [0.1, 0.15) is 54.2 Å². The summed E-state index contributed by atoms with van der Waals surface area (Å²) in [5, 5.41) is 3.10. The third kappa shape index (κ3) is 5.74. The quantitative estimate of drug-likeness (QED) is 0.400. The molecule has 2 fully saturated rings. The van der Waals surface area contributed by atoms with Crippen LogP contribution in [0.25, 0.3) is 11.0 Å². The number of aromatic nitrogens is 3. The molecule has 9 nitrogen and oxygen atoms in total. The Balaban J connectivity index is 1.57. The molecular weight excluding hydrogens is 532 g/mol. The lowest BCUT2D eigenvalue weighted by atomic mass is 10.1. The van der Waals surface area contributed by atoms with Gasteiger partial charge in [-0.3, -0.25) is 19.9 Å². The van der Waals surface area contributed by atoms with Gasteiger partial charge in [-0.05, 0) is 49.6 Å². The first-order chi connectivity index (χ1) is 18.9. The lowest BCUT2D eigenvalue weighted by molar-refractivity contribution is -0.126. The number of nitrogens with one attached hydrogen (secondary N) is 1. The summed E-state index contributed by atoms with van der Waals surface area (Å²) < 4.78 is 39.7. The molecule has 2 unspecified atom stereocenters. The van der Waals surface area contributed by atoms with Crippen molar-refractivity contribution < 1.29 is 27.8 Å². The molecule has 0 aliphatic carbocycles. The molecule has 4 heterocycles. The van der Waals surface area contributed by atoms with Crippen molar-refractivity contribution in [1.29, 1.82) is 0 Å². The summed E-state index contributed by atoms with van der Waals surface area (Å²) in [6.45, 7) is 5.61. The lowest BCUT2D eigenvalue weighted by Crippen LogP contribution is -2.34. The van der Waals surface area contributed by atoms with Crippen molar-refractivity contribution in [1.82, 2.24) is 19.4 Å². The van der Waals surface area contributed by atoms with Gasteiger partial charge >= 0.3 is 0 Å². The van der Waals surface area contributed by atoms with Gasteiger partial charge in [0.25, 0.3) is 12.3 Å². The standard InChI is InChI=1S/C27H28ClF2N5O4/c1-2-22(36)34-11-4-3-5-17(14-34)35-24-19(6-7-21(23(24)28)39-18-9-12-38-15-18)32-27(35)33-26(37)16-8-10-31-20(13-16)25(29)30/h2,6-8,10,13,17-18,25H,1,3-5,9,11-12,14-15H2,(H,32,33,37). The van der Waals surface area contributed by atoms with Gasteiger partial charge in [-0.15, -0.1) is 0 Å². The summed E-state index contributed by atoms with van der Waals surface area (Å²) in [4.78, 5) is 35.7. The Hall–Kier alpha value is -3.57. The molecule has 206 valence electrons. The van der Waals surface area contributed by atoms with Crippen LogP contribution in [0.5, 0.6) is 5.75 Å². The monoisotopic (exact) mass is 559 g/mol. The number of ether oxygens (including phenoxy) is 2. The fourth-order valence-electron chi connectivity index (χ4n) is 4.99. The highest BCUT2D eigenvalue weighted by atomic mass is 35.5. The minimum atomic E-state index is -2.82. The summed E-state index contributed by atoms with van der Waals surface area (Å²) in [6.07, 6.45) is 2.56. The predicted octanol–water partition coefficient (Wildman–Crippen LogP) is 5.18. The molecule has 5 rings (SSSR count). The number of carbonyl (C=O) groups excluding carboxylic acids is 2. The van der Waals surface area contributed by atoms with Crippen molar-refractivity contribution >= 4 is 40.4 Å². The van der Waals surface area contributed by atoms with E-state index < -0.39 is 18.0 Å². The fourth-order valence-corrected chi connectivity index (χ4v) is 5.29. The van der Waals surface area contributed by atoms with Gasteiger partial charge in [0.2, 0.25) is 11.9 Å². The van der Waals surface area contributed by atoms with E-state index in [0.717, 1.165) is 31.5 Å². The molecule has 3 aromatic rings. The number of hydrogen-bond donors (Lipinski definition) is 1. The number of fused-ring (bicyclic) bond motifs is 1. The van der Waals surface area contributed by atoms with Gasteiger partial charge in [-0.25, -0.2) is 13.8 Å². The van der Waals surface area contributed by atoms with Crippen LogP contribution >= 0.6 is 11.6 Å². The number of rotatable bonds is 7. The van der Waals surface area contributed by atoms with Crippen molar-refractivity contribution in [3.05, 3.63) is 59.4 Å². The molecular formula is C27H28ClF2N5O4. The van der Waals surface area contributed by atoms with E-state index in [1.165, 1.54) is 12.1 Å². The third-order valence-electron chi connectivity index (χ3n) is 6.93. The molecule has 0 spiro atoms. The van der Waals surface area contributed by atoms with Gasteiger partial charge in [0.05, 0.1) is 30.3 Å². The van der Waals surface area contributed by atoms with Gasteiger partial charge in [-0.1, -0.05) is 18.2 Å². The number of pyridine rings is 1. The number of benzene rings is 1. The maximum absolute atomic E-state index is 13.2. The van der Waals surface area contributed by atoms with Crippen molar-refractivity contribution in [2.45, 2.75) is 44.3 Å². The fraction of sp³-hybridized carbons (Fsp3) is 0.407. The molecule has 2 aliphatic heterocycles.